The molecule has 0 N–H and O–H groups in total. The largest absolute Gasteiger partial charge is 0.224 e. The van der Waals surface area contributed by atoms with Gasteiger partial charge in [-0.1, -0.05) is 18.2 Å². The van der Waals surface area contributed by atoms with Crippen LogP contribution in [0.15, 0.2) is 35.2 Å². The van der Waals surface area contributed by atoms with E-state index in [2.05, 4.69) is 0 Å². The zero-order valence-electron chi connectivity index (χ0n) is 7.11. The summed E-state index contributed by atoms with van der Waals surface area (Å²) in [5.41, 5.74) is 0. The van der Waals surface area contributed by atoms with Crippen LogP contribution < -0.4 is 0 Å². The Bertz CT molecular complexity index is 345. The second-order valence-corrected chi connectivity index (χ2v) is 5.16. The number of hydrogen-bond donors (Lipinski definition) is 0. The summed E-state index contributed by atoms with van der Waals surface area (Å²) in [4.78, 5) is 0.375. The van der Waals surface area contributed by atoms with Crippen molar-refractivity contribution in [3.8, 4) is 0 Å². The topological polar surface area (TPSA) is 34.1 Å². The monoisotopic (exact) mass is 218 g/mol. The zero-order chi connectivity index (χ0) is 9.73. The molecule has 72 valence electrons. The Hall–Kier alpha value is -0.540. The molecule has 0 saturated carbocycles. The van der Waals surface area contributed by atoms with Gasteiger partial charge in [-0.05, 0) is 18.6 Å². The summed E-state index contributed by atoms with van der Waals surface area (Å²) in [5, 5.41) is 0. The number of hydrogen-bond acceptors (Lipinski definition) is 2. The smallest absolute Gasteiger partial charge is 0.178 e. The van der Waals surface area contributed by atoms with E-state index in [1.807, 2.05) is 0 Å². The van der Waals surface area contributed by atoms with Crippen LogP contribution in [0.3, 0.4) is 0 Å². The second-order valence-electron chi connectivity index (χ2n) is 2.67. The molecular weight excluding hydrogens is 208 g/mol. The van der Waals surface area contributed by atoms with Gasteiger partial charge in [-0.3, -0.25) is 0 Å². The first-order valence-corrected chi connectivity index (χ1v) is 6.19. The summed E-state index contributed by atoms with van der Waals surface area (Å²) in [6.07, 6.45) is 0.499. The minimum Gasteiger partial charge on any atom is -0.224 e. The lowest BCUT2D eigenvalue weighted by molar-refractivity contribution is 0.595. The molecule has 0 atom stereocenters. The van der Waals surface area contributed by atoms with E-state index in [0.29, 0.717) is 17.2 Å². The first-order valence-electron chi connectivity index (χ1n) is 4.00. The molecular formula is C9H11ClO2S. The predicted octanol–water partition coefficient (Wildman–Crippen LogP) is 2.09. The normalized spacial score (nSPS) is 11.5. The molecule has 2 nitrogen and oxygen atoms in total. The van der Waals surface area contributed by atoms with E-state index in [1.165, 1.54) is 0 Å². The Labute approximate surface area is 83.5 Å². The quantitative estimate of drug-likeness (QED) is 0.726. The van der Waals surface area contributed by atoms with Gasteiger partial charge in [0.2, 0.25) is 0 Å². The molecule has 0 radical (unpaired) electrons. The maximum Gasteiger partial charge on any atom is 0.178 e. The van der Waals surface area contributed by atoms with Crippen molar-refractivity contribution < 1.29 is 8.42 Å². The van der Waals surface area contributed by atoms with Crippen molar-refractivity contribution in [1.29, 1.82) is 0 Å². The third-order valence-corrected chi connectivity index (χ3v) is 3.73. The van der Waals surface area contributed by atoms with E-state index >= 15 is 0 Å². The van der Waals surface area contributed by atoms with E-state index in [1.54, 1.807) is 30.3 Å². The fourth-order valence-electron chi connectivity index (χ4n) is 0.990. The van der Waals surface area contributed by atoms with Crippen molar-refractivity contribution >= 4 is 21.4 Å². The van der Waals surface area contributed by atoms with Gasteiger partial charge in [0.1, 0.15) is 0 Å². The fraction of sp³-hybridized carbons (Fsp3) is 0.333. The number of alkyl halides is 1. The molecule has 1 rings (SSSR count). The van der Waals surface area contributed by atoms with Crippen LogP contribution in [0, 0.1) is 0 Å². The van der Waals surface area contributed by atoms with Gasteiger partial charge in [-0.25, -0.2) is 8.42 Å². The SMILES string of the molecule is O=S(=O)(CCCCl)c1ccccc1. The van der Waals surface area contributed by atoms with Crippen LogP contribution in [-0.4, -0.2) is 20.1 Å². The molecule has 0 bridgehead atoms. The molecule has 0 amide bonds. The van der Waals surface area contributed by atoms with Gasteiger partial charge in [-0.15, -0.1) is 11.6 Å². The maximum atomic E-state index is 11.5. The summed E-state index contributed by atoms with van der Waals surface area (Å²) < 4.78 is 23.1. The van der Waals surface area contributed by atoms with Crippen LogP contribution >= 0.6 is 11.6 Å². The summed E-state index contributed by atoms with van der Waals surface area (Å²) in [6, 6.07) is 8.43. The fourth-order valence-corrected chi connectivity index (χ4v) is 2.61. The van der Waals surface area contributed by atoms with Crippen LogP contribution in [-0.2, 0) is 9.84 Å². The van der Waals surface area contributed by atoms with E-state index in [4.69, 9.17) is 11.6 Å². The molecule has 0 fully saturated rings. The number of halogens is 1. The maximum absolute atomic E-state index is 11.5. The van der Waals surface area contributed by atoms with Gasteiger partial charge in [0, 0.05) is 5.88 Å². The van der Waals surface area contributed by atoms with Crippen LogP contribution in [0.2, 0.25) is 0 Å². The van der Waals surface area contributed by atoms with Crippen molar-refractivity contribution in [2.75, 3.05) is 11.6 Å². The third-order valence-electron chi connectivity index (χ3n) is 1.65. The average Bonchev–Trinajstić information content (AvgIpc) is 2.16. The molecule has 4 heteroatoms. The van der Waals surface area contributed by atoms with Gasteiger partial charge in [0.05, 0.1) is 10.6 Å². The van der Waals surface area contributed by atoms with Crippen molar-refractivity contribution in [2.45, 2.75) is 11.3 Å². The molecule has 0 aliphatic carbocycles. The zero-order valence-corrected chi connectivity index (χ0v) is 8.68. The standard InChI is InChI=1S/C9H11ClO2S/c10-7-4-8-13(11,12)9-5-2-1-3-6-9/h1-3,5-6H,4,7-8H2. The molecule has 0 spiro atoms. The van der Waals surface area contributed by atoms with E-state index in [-0.39, 0.29) is 5.75 Å². The lowest BCUT2D eigenvalue weighted by Crippen LogP contribution is -2.06. The second kappa shape index (κ2) is 4.63. The lowest BCUT2D eigenvalue weighted by Gasteiger charge is -2.01. The van der Waals surface area contributed by atoms with Crippen molar-refractivity contribution in [3.63, 3.8) is 0 Å². The molecule has 0 aromatic heterocycles. The molecule has 1 aromatic carbocycles. The summed E-state index contributed by atoms with van der Waals surface area (Å²) in [5.74, 6) is 0.507. The Morgan fingerprint density at radius 1 is 1.15 bits per heavy atom. The van der Waals surface area contributed by atoms with Crippen LogP contribution in [0.5, 0.6) is 0 Å². The highest BCUT2D eigenvalue weighted by Gasteiger charge is 2.12. The Kier molecular flexibility index (Phi) is 3.75. The van der Waals surface area contributed by atoms with Crippen LogP contribution in [0.25, 0.3) is 0 Å². The number of rotatable bonds is 4. The van der Waals surface area contributed by atoms with Gasteiger partial charge < -0.3 is 0 Å². The lowest BCUT2D eigenvalue weighted by atomic mass is 10.4. The first-order chi connectivity index (χ1) is 6.17. The van der Waals surface area contributed by atoms with Crippen molar-refractivity contribution in [3.05, 3.63) is 30.3 Å². The number of benzene rings is 1. The number of sulfone groups is 1. The molecule has 0 aliphatic heterocycles. The highest BCUT2D eigenvalue weighted by Crippen LogP contribution is 2.10. The Morgan fingerprint density at radius 3 is 2.31 bits per heavy atom. The average molecular weight is 219 g/mol. The molecule has 0 unspecified atom stereocenters. The van der Waals surface area contributed by atoms with Crippen LogP contribution in [0.1, 0.15) is 6.42 Å². The molecule has 0 heterocycles. The van der Waals surface area contributed by atoms with Crippen molar-refractivity contribution in [1.82, 2.24) is 0 Å². The van der Waals surface area contributed by atoms with Gasteiger partial charge in [0.15, 0.2) is 9.84 Å². The Morgan fingerprint density at radius 2 is 1.77 bits per heavy atom. The minimum absolute atomic E-state index is 0.126. The highest BCUT2D eigenvalue weighted by atomic mass is 35.5. The summed E-state index contributed by atoms with van der Waals surface area (Å²) >= 11 is 5.43. The van der Waals surface area contributed by atoms with E-state index in [0.717, 1.165) is 0 Å². The molecule has 13 heavy (non-hydrogen) atoms. The third kappa shape index (κ3) is 3.01. The first kappa shape index (κ1) is 10.5. The molecule has 1 aromatic rings. The van der Waals surface area contributed by atoms with Gasteiger partial charge in [0.25, 0.3) is 0 Å². The highest BCUT2D eigenvalue weighted by molar-refractivity contribution is 7.91. The Balaban J connectivity index is 2.83. The van der Waals surface area contributed by atoms with Gasteiger partial charge >= 0.3 is 0 Å². The van der Waals surface area contributed by atoms with E-state index in [9.17, 15) is 8.42 Å². The van der Waals surface area contributed by atoms with Gasteiger partial charge in [-0.2, -0.15) is 0 Å². The molecule has 0 saturated heterocycles. The molecule has 0 aliphatic rings. The summed E-state index contributed by atoms with van der Waals surface area (Å²) in [6.45, 7) is 0. The predicted molar refractivity (Wildman–Crippen MR) is 53.8 cm³/mol. The minimum atomic E-state index is -3.11. The van der Waals surface area contributed by atoms with Crippen LogP contribution in [0.4, 0.5) is 0 Å². The van der Waals surface area contributed by atoms with E-state index < -0.39 is 9.84 Å². The van der Waals surface area contributed by atoms with Crippen molar-refractivity contribution in [2.24, 2.45) is 0 Å². The summed E-state index contributed by atoms with van der Waals surface area (Å²) in [7, 11) is -3.11.